The molecule has 1 heterocycles. The quantitative estimate of drug-likeness (QED) is 0.652. The minimum Gasteiger partial charge on any atom is -0.497 e. The summed E-state index contributed by atoms with van der Waals surface area (Å²) in [5.41, 5.74) is 0.779. The number of nitrogens with zero attached hydrogens (tertiary/aromatic N) is 2. The summed E-state index contributed by atoms with van der Waals surface area (Å²) < 4.78 is 26.9. The predicted octanol–water partition coefficient (Wildman–Crippen LogP) is 3.34. The molecule has 1 aromatic heterocycles. The molecule has 0 bridgehead atoms. The van der Waals surface area contributed by atoms with Gasteiger partial charge in [0.25, 0.3) is 5.89 Å². The third-order valence-electron chi connectivity index (χ3n) is 3.47. The molecule has 2 aromatic carbocycles. The van der Waals surface area contributed by atoms with E-state index in [0.29, 0.717) is 29.0 Å². The van der Waals surface area contributed by atoms with E-state index < -0.39 is 0 Å². The van der Waals surface area contributed by atoms with Crippen LogP contribution in [0.5, 0.6) is 23.0 Å². The van der Waals surface area contributed by atoms with Gasteiger partial charge in [-0.2, -0.15) is 0 Å². The summed E-state index contributed by atoms with van der Waals surface area (Å²) in [4.78, 5) is 0. The Kier molecular flexibility index (Phi) is 5.03. The molecular weight excluding hydrogens is 324 g/mol. The van der Waals surface area contributed by atoms with Gasteiger partial charge < -0.3 is 23.4 Å². The van der Waals surface area contributed by atoms with Crippen LogP contribution in [0.3, 0.4) is 0 Å². The van der Waals surface area contributed by atoms with Crippen LogP contribution in [0.15, 0.2) is 46.9 Å². The van der Waals surface area contributed by atoms with E-state index >= 15 is 0 Å². The molecule has 0 fully saturated rings. The van der Waals surface area contributed by atoms with Crippen LogP contribution >= 0.6 is 0 Å². The van der Waals surface area contributed by atoms with E-state index in [1.54, 1.807) is 39.5 Å². The molecule has 0 atom stereocenters. The van der Waals surface area contributed by atoms with Crippen molar-refractivity contribution in [3.05, 3.63) is 48.4 Å². The largest absolute Gasteiger partial charge is 0.497 e. The molecule has 0 amide bonds. The Bertz CT molecular complexity index is 825. The van der Waals surface area contributed by atoms with Crippen LogP contribution in [0, 0.1) is 0 Å². The first kappa shape index (κ1) is 16.6. The molecule has 25 heavy (non-hydrogen) atoms. The number of methoxy groups -OCH3 is 3. The van der Waals surface area contributed by atoms with Gasteiger partial charge in [0.15, 0.2) is 6.61 Å². The lowest BCUT2D eigenvalue weighted by molar-refractivity contribution is 0.261. The lowest BCUT2D eigenvalue weighted by Crippen LogP contribution is -1.97. The fourth-order valence-electron chi connectivity index (χ4n) is 2.19. The highest BCUT2D eigenvalue weighted by molar-refractivity contribution is 5.55. The van der Waals surface area contributed by atoms with Crippen molar-refractivity contribution in [2.45, 2.75) is 6.61 Å². The Morgan fingerprint density at radius 2 is 1.48 bits per heavy atom. The van der Waals surface area contributed by atoms with Gasteiger partial charge in [-0.25, -0.2) is 0 Å². The summed E-state index contributed by atoms with van der Waals surface area (Å²) in [5, 5.41) is 8.04. The Morgan fingerprint density at radius 1 is 0.800 bits per heavy atom. The van der Waals surface area contributed by atoms with Gasteiger partial charge in [-0.1, -0.05) is 6.07 Å². The number of aromatic nitrogens is 2. The molecule has 3 rings (SSSR count). The first-order chi connectivity index (χ1) is 12.2. The van der Waals surface area contributed by atoms with E-state index in [-0.39, 0.29) is 6.61 Å². The van der Waals surface area contributed by atoms with Gasteiger partial charge in [-0.05, 0) is 18.2 Å². The highest BCUT2D eigenvalue weighted by Crippen LogP contribution is 2.28. The molecule has 0 aliphatic carbocycles. The second-order valence-electron chi connectivity index (χ2n) is 5.07. The van der Waals surface area contributed by atoms with E-state index in [1.807, 2.05) is 24.3 Å². The van der Waals surface area contributed by atoms with Crippen LogP contribution in [0.25, 0.3) is 11.5 Å². The highest BCUT2D eigenvalue weighted by atomic mass is 16.5. The number of hydrogen-bond acceptors (Lipinski definition) is 7. The van der Waals surface area contributed by atoms with Crippen LogP contribution < -0.4 is 18.9 Å². The zero-order chi connectivity index (χ0) is 17.6. The maximum Gasteiger partial charge on any atom is 0.254 e. The third kappa shape index (κ3) is 4.00. The number of rotatable bonds is 7. The molecule has 7 heteroatoms. The predicted molar refractivity (Wildman–Crippen MR) is 90.2 cm³/mol. The Balaban J connectivity index is 1.71. The third-order valence-corrected chi connectivity index (χ3v) is 3.47. The SMILES string of the molecule is COc1cc(OC)cc(OCc2nnc(-c3cccc(OC)c3)o2)c1. The molecule has 7 nitrogen and oxygen atoms in total. The molecule has 130 valence electrons. The molecule has 3 aromatic rings. The number of benzene rings is 2. The first-order valence-corrected chi connectivity index (χ1v) is 7.54. The standard InChI is InChI=1S/C18H18N2O5/c1-21-13-6-4-5-12(7-13)18-20-19-17(25-18)11-24-16-9-14(22-2)8-15(10-16)23-3/h4-10H,11H2,1-3H3. The van der Waals surface area contributed by atoms with E-state index in [1.165, 1.54) is 0 Å². The van der Waals surface area contributed by atoms with Gasteiger partial charge in [0, 0.05) is 23.8 Å². The number of ether oxygens (including phenoxy) is 4. The summed E-state index contributed by atoms with van der Waals surface area (Å²) in [6.45, 7) is 0.132. The van der Waals surface area contributed by atoms with E-state index in [4.69, 9.17) is 23.4 Å². The average molecular weight is 342 g/mol. The summed E-state index contributed by atoms with van der Waals surface area (Å²) in [6.07, 6.45) is 0. The minimum absolute atomic E-state index is 0.132. The zero-order valence-corrected chi connectivity index (χ0v) is 14.2. The molecule has 0 radical (unpaired) electrons. The topological polar surface area (TPSA) is 75.8 Å². The van der Waals surface area contributed by atoms with Crippen LogP contribution in [-0.2, 0) is 6.61 Å². The van der Waals surface area contributed by atoms with Gasteiger partial charge in [0.05, 0.1) is 21.3 Å². The normalized spacial score (nSPS) is 10.4. The van der Waals surface area contributed by atoms with Crippen molar-refractivity contribution in [1.29, 1.82) is 0 Å². The van der Waals surface area contributed by atoms with Gasteiger partial charge in [0.1, 0.15) is 23.0 Å². The molecule has 0 spiro atoms. The van der Waals surface area contributed by atoms with Crippen molar-refractivity contribution in [3.8, 4) is 34.5 Å². The summed E-state index contributed by atoms with van der Waals surface area (Å²) in [6, 6.07) is 12.7. The zero-order valence-electron chi connectivity index (χ0n) is 14.2. The maximum absolute atomic E-state index is 5.69. The molecule has 0 aliphatic rings. The monoisotopic (exact) mass is 342 g/mol. The van der Waals surface area contributed by atoms with Gasteiger partial charge in [0.2, 0.25) is 5.89 Å². The van der Waals surface area contributed by atoms with Gasteiger partial charge in [-0.15, -0.1) is 10.2 Å². The van der Waals surface area contributed by atoms with Crippen LogP contribution in [0.1, 0.15) is 5.89 Å². The summed E-state index contributed by atoms with van der Waals surface area (Å²) in [5.74, 6) is 3.34. The fourth-order valence-corrected chi connectivity index (χ4v) is 2.19. The van der Waals surface area contributed by atoms with Gasteiger partial charge >= 0.3 is 0 Å². The van der Waals surface area contributed by atoms with Crippen LogP contribution in [-0.4, -0.2) is 31.5 Å². The van der Waals surface area contributed by atoms with Crippen molar-refractivity contribution >= 4 is 0 Å². The Morgan fingerprint density at radius 3 is 2.16 bits per heavy atom. The van der Waals surface area contributed by atoms with E-state index in [9.17, 15) is 0 Å². The van der Waals surface area contributed by atoms with Crippen LogP contribution in [0.2, 0.25) is 0 Å². The Labute approximate surface area is 145 Å². The Hall–Kier alpha value is -3.22. The first-order valence-electron chi connectivity index (χ1n) is 7.54. The van der Waals surface area contributed by atoms with Crippen molar-refractivity contribution in [1.82, 2.24) is 10.2 Å². The summed E-state index contributed by atoms with van der Waals surface area (Å²) >= 11 is 0. The van der Waals surface area contributed by atoms with Crippen molar-refractivity contribution < 1.29 is 23.4 Å². The second kappa shape index (κ2) is 7.57. The second-order valence-corrected chi connectivity index (χ2v) is 5.07. The van der Waals surface area contributed by atoms with E-state index in [2.05, 4.69) is 10.2 Å². The smallest absolute Gasteiger partial charge is 0.254 e. The lowest BCUT2D eigenvalue weighted by atomic mass is 10.2. The van der Waals surface area contributed by atoms with Crippen molar-refractivity contribution in [3.63, 3.8) is 0 Å². The highest BCUT2D eigenvalue weighted by Gasteiger charge is 2.11. The lowest BCUT2D eigenvalue weighted by Gasteiger charge is -2.08. The van der Waals surface area contributed by atoms with Crippen molar-refractivity contribution in [2.24, 2.45) is 0 Å². The number of hydrogen-bond donors (Lipinski definition) is 0. The molecule has 0 unspecified atom stereocenters. The molecule has 0 saturated heterocycles. The molecule has 0 N–H and O–H groups in total. The van der Waals surface area contributed by atoms with E-state index in [0.717, 1.165) is 11.3 Å². The molecular formula is C18H18N2O5. The fraction of sp³-hybridized carbons (Fsp3) is 0.222. The molecule has 0 aliphatic heterocycles. The average Bonchev–Trinajstić information content (AvgIpc) is 3.15. The van der Waals surface area contributed by atoms with Crippen LogP contribution in [0.4, 0.5) is 0 Å². The van der Waals surface area contributed by atoms with Gasteiger partial charge in [-0.3, -0.25) is 0 Å². The molecule has 0 saturated carbocycles. The maximum atomic E-state index is 5.69. The van der Waals surface area contributed by atoms with Crippen molar-refractivity contribution in [2.75, 3.05) is 21.3 Å². The minimum atomic E-state index is 0.132. The summed E-state index contributed by atoms with van der Waals surface area (Å²) in [7, 11) is 4.77.